The number of hydrogen-bond acceptors (Lipinski definition) is 4. The molecule has 0 spiro atoms. The van der Waals surface area contributed by atoms with Crippen molar-refractivity contribution in [2.45, 2.75) is 60.8 Å². The summed E-state index contributed by atoms with van der Waals surface area (Å²) in [6.45, 7) is 13.5. The molecule has 0 aliphatic rings. The standard InChI is InChI=1S/C26H39O6P/c1-7-23-19(5)25(20(6)24(8-2)26(23)31-13-14-33(27,28)29)15-21-9-11-22(12-10-21)32-17-30-16-18(3)4/h9-12,18H,7-8,13-17H2,1-6H3,(H2,27,28,29). The molecule has 2 N–H and O–H groups in total. The highest BCUT2D eigenvalue weighted by molar-refractivity contribution is 7.51. The Balaban J connectivity index is 2.22. The van der Waals surface area contributed by atoms with E-state index in [1.165, 1.54) is 22.3 Å². The average molecular weight is 479 g/mol. The Morgan fingerprint density at radius 1 is 0.909 bits per heavy atom. The van der Waals surface area contributed by atoms with Crippen LogP contribution in [0.1, 0.15) is 61.1 Å². The lowest BCUT2D eigenvalue weighted by Crippen LogP contribution is -2.12. The van der Waals surface area contributed by atoms with Crippen LogP contribution in [0.15, 0.2) is 24.3 Å². The van der Waals surface area contributed by atoms with Gasteiger partial charge in [0.25, 0.3) is 0 Å². The molecule has 2 aromatic carbocycles. The predicted molar refractivity (Wildman–Crippen MR) is 133 cm³/mol. The third-order valence-electron chi connectivity index (χ3n) is 5.76. The Bertz CT molecular complexity index is 915. The lowest BCUT2D eigenvalue weighted by atomic mass is 9.86. The largest absolute Gasteiger partial charge is 0.492 e. The number of hydrogen-bond donors (Lipinski definition) is 2. The van der Waals surface area contributed by atoms with E-state index in [4.69, 9.17) is 14.2 Å². The summed E-state index contributed by atoms with van der Waals surface area (Å²) in [7, 11) is -4.09. The van der Waals surface area contributed by atoms with Gasteiger partial charge in [-0.1, -0.05) is 39.8 Å². The molecule has 2 rings (SSSR count). The lowest BCUT2D eigenvalue weighted by molar-refractivity contribution is 0.00272. The minimum absolute atomic E-state index is 0.00481. The summed E-state index contributed by atoms with van der Waals surface area (Å²) in [5.74, 6) is 2.05. The second-order valence-corrected chi connectivity index (χ2v) is 10.6. The molecule has 0 aromatic heterocycles. The summed E-state index contributed by atoms with van der Waals surface area (Å²) in [5, 5.41) is 0. The van der Waals surface area contributed by atoms with Gasteiger partial charge >= 0.3 is 7.60 Å². The zero-order valence-electron chi connectivity index (χ0n) is 20.8. The molecule has 0 saturated carbocycles. The smallest absolute Gasteiger partial charge is 0.328 e. The summed E-state index contributed by atoms with van der Waals surface area (Å²) in [6.07, 6.45) is 2.10. The summed E-state index contributed by atoms with van der Waals surface area (Å²) < 4.78 is 28.3. The molecule has 33 heavy (non-hydrogen) atoms. The molecule has 0 unspecified atom stereocenters. The van der Waals surface area contributed by atoms with E-state index in [1.807, 2.05) is 12.1 Å². The van der Waals surface area contributed by atoms with E-state index in [0.29, 0.717) is 12.5 Å². The molecule has 0 fully saturated rings. The van der Waals surface area contributed by atoms with E-state index in [-0.39, 0.29) is 19.6 Å². The Morgan fingerprint density at radius 2 is 1.48 bits per heavy atom. The summed E-state index contributed by atoms with van der Waals surface area (Å²) in [4.78, 5) is 18.4. The highest BCUT2D eigenvalue weighted by atomic mass is 31.2. The summed E-state index contributed by atoms with van der Waals surface area (Å²) >= 11 is 0. The molecular formula is C26H39O6P. The van der Waals surface area contributed by atoms with Gasteiger partial charge in [0.05, 0.1) is 19.4 Å². The Labute approximate surface area is 198 Å². The van der Waals surface area contributed by atoms with E-state index < -0.39 is 7.60 Å². The molecule has 0 amide bonds. The van der Waals surface area contributed by atoms with Gasteiger partial charge in [-0.05, 0) is 84.5 Å². The maximum atomic E-state index is 11.2. The van der Waals surface area contributed by atoms with Crippen LogP contribution in [0.3, 0.4) is 0 Å². The van der Waals surface area contributed by atoms with Crippen LogP contribution in [0, 0.1) is 19.8 Å². The third kappa shape index (κ3) is 8.15. The van der Waals surface area contributed by atoms with Crippen molar-refractivity contribution in [3.05, 3.63) is 57.6 Å². The van der Waals surface area contributed by atoms with Gasteiger partial charge < -0.3 is 24.0 Å². The minimum atomic E-state index is -4.09. The van der Waals surface area contributed by atoms with Gasteiger partial charge in [-0.15, -0.1) is 0 Å². The zero-order valence-corrected chi connectivity index (χ0v) is 21.7. The fraction of sp³-hybridized carbons (Fsp3) is 0.538. The highest BCUT2D eigenvalue weighted by Gasteiger charge is 2.20. The van der Waals surface area contributed by atoms with E-state index >= 15 is 0 Å². The summed E-state index contributed by atoms with van der Waals surface area (Å²) in [6, 6.07) is 8.11. The van der Waals surface area contributed by atoms with Crippen molar-refractivity contribution in [3.63, 3.8) is 0 Å². The summed E-state index contributed by atoms with van der Waals surface area (Å²) in [5.41, 5.74) is 7.05. The van der Waals surface area contributed by atoms with E-state index in [2.05, 4.69) is 53.7 Å². The number of ether oxygens (including phenoxy) is 3. The highest BCUT2D eigenvalue weighted by Crippen LogP contribution is 2.38. The second kappa shape index (κ2) is 12.6. The number of rotatable bonds is 13. The molecule has 0 aliphatic carbocycles. The fourth-order valence-corrected chi connectivity index (χ4v) is 4.36. The van der Waals surface area contributed by atoms with Gasteiger partial charge in [0.15, 0.2) is 6.79 Å². The predicted octanol–water partition coefficient (Wildman–Crippen LogP) is 5.58. The first kappa shape index (κ1) is 27.4. The van der Waals surface area contributed by atoms with Gasteiger partial charge in [0.1, 0.15) is 11.5 Å². The average Bonchev–Trinajstić information content (AvgIpc) is 2.74. The van der Waals surface area contributed by atoms with Crippen molar-refractivity contribution < 1.29 is 28.6 Å². The molecule has 0 atom stereocenters. The second-order valence-electron chi connectivity index (χ2n) is 8.81. The number of benzene rings is 2. The van der Waals surface area contributed by atoms with E-state index in [9.17, 15) is 14.4 Å². The Morgan fingerprint density at radius 3 is 1.97 bits per heavy atom. The minimum Gasteiger partial charge on any atom is -0.492 e. The van der Waals surface area contributed by atoms with Crippen LogP contribution >= 0.6 is 7.60 Å². The molecule has 2 aromatic rings. The normalized spacial score (nSPS) is 11.8. The third-order valence-corrected chi connectivity index (χ3v) is 6.52. The lowest BCUT2D eigenvalue weighted by Gasteiger charge is -2.23. The van der Waals surface area contributed by atoms with Gasteiger partial charge in [0, 0.05) is 0 Å². The molecule has 184 valence electrons. The first-order valence-corrected chi connectivity index (χ1v) is 13.5. The van der Waals surface area contributed by atoms with Crippen LogP contribution in [-0.4, -0.2) is 36.0 Å². The van der Waals surface area contributed by atoms with Crippen molar-refractivity contribution in [1.29, 1.82) is 0 Å². The van der Waals surface area contributed by atoms with Gasteiger partial charge in [-0.25, -0.2) is 0 Å². The van der Waals surface area contributed by atoms with Crippen LogP contribution in [0.4, 0.5) is 0 Å². The van der Waals surface area contributed by atoms with Crippen molar-refractivity contribution in [1.82, 2.24) is 0 Å². The van der Waals surface area contributed by atoms with Crippen LogP contribution in [0.2, 0.25) is 0 Å². The molecule has 0 saturated heterocycles. The van der Waals surface area contributed by atoms with Crippen LogP contribution in [-0.2, 0) is 28.6 Å². The quantitative estimate of drug-likeness (QED) is 0.222. The van der Waals surface area contributed by atoms with Crippen LogP contribution < -0.4 is 9.47 Å². The van der Waals surface area contributed by atoms with E-state index in [1.54, 1.807) is 0 Å². The Hall–Kier alpha value is -1.85. The zero-order chi connectivity index (χ0) is 24.6. The van der Waals surface area contributed by atoms with Gasteiger partial charge in [0.2, 0.25) is 0 Å². The van der Waals surface area contributed by atoms with Crippen molar-refractivity contribution in [3.8, 4) is 11.5 Å². The molecule has 6 nitrogen and oxygen atoms in total. The van der Waals surface area contributed by atoms with Crippen LogP contribution in [0.25, 0.3) is 0 Å². The maximum absolute atomic E-state index is 11.2. The molecule has 7 heteroatoms. The van der Waals surface area contributed by atoms with Crippen LogP contribution in [0.5, 0.6) is 11.5 Å². The molecular weight excluding hydrogens is 439 g/mol. The van der Waals surface area contributed by atoms with Crippen molar-refractivity contribution >= 4 is 7.60 Å². The first-order valence-electron chi connectivity index (χ1n) is 11.7. The maximum Gasteiger partial charge on any atom is 0.328 e. The van der Waals surface area contributed by atoms with Gasteiger partial charge in [-0.2, -0.15) is 0 Å². The van der Waals surface area contributed by atoms with Gasteiger partial charge in [-0.3, -0.25) is 4.57 Å². The topological polar surface area (TPSA) is 85.2 Å². The Kier molecular flexibility index (Phi) is 10.4. The SMILES string of the molecule is CCc1c(C)c(Cc2ccc(OCOCC(C)C)cc2)c(C)c(CC)c1OCCP(=O)(O)O. The molecule has 0 bridgehead atoms. The molecule has 0 aliphatic heterocycles. The van der Waals surface area contributed by atoms with E-state index in [0.717, 1.165) is 41.9 Å². The molecule has 0 radical (unpaired) electrons. The van der Waals surface area contributed by atoms with Crippen molar-refractivity contribution in [2.24, 2.45) is 5.92 Å². The fourth-order valence-electron chi connectivity index (χ4n) is 4.03. The monoisotopic (exact) mass is 478 g/mol. The van der Waals surface area contributed by atoms with Crippen molar-refractivity contribution in [2.75, 3.05) is 26.2 Å². The first-order chi connectivity index (χ1) is 15.6. The molecule has 0 heterocycles.